The van der Waals surface area contributed by atoms with Gasteiger partial charge >= 0.3 is 0 Å². The maximum Gasteiger partial charge on any atom is 0.227 e. The summed E-state index contributed by atoms with van der Waals surface area (Å²) in [5.41, 5.74) is 1.19. The van der Waals surface area contributed by atoms with Crippen LogP contribution in [0, 0.1) is 11.8 Å². The van der Waals surface area contributed by atoms with Gasteiger partial charge in [-0.05, 0) is 30.7 Å². The van der Waals surface area contributed by atoms with Crippen LogP contribution in [-0.4, -0.2) is 46.8 Å². The molecule has 1 amide bonds. The first kappa shape index (κ1) is 20.2. The molecule has 1 aromatic rings. The van der Waals surface area contributed by atoms with Gasteiger partial charge in [-0.3, -0.25) is 9.48 Å². The molecule has 2 aliphatic rings. The first-order valence-corrected chi connectivity index (χ1v) is 9.67. The van der Waals surface area contributed by atoms with Crippen molar-refractivity contribution in [1.82, 2.24) is 20.0 Å². The molecule has 1 saturated carbocycles. The van der Waals surface area contributed by atoms with Gasteiger partial charge in [-0.2, -0.15) is 5.10 Å². The van der Waals surface area contributed by atoms with Crippen molar-refractivity contribution < 1.29 is 4.79 Å². The van der Waals surface area contributed by atoms with E-state index in [-0.39, 0.29) is 24.2 Å². The molecule has 142 valence electrons. The molecule has 0 bridgehead atoms. The number of aryl methyl sites for hydroxylation is 1. The quantitative estimate of drug-likeness (QED) is 0.839. The van der Waals surface area contributed by atoms with Gasteiger partial charge in [0.1, 0.15) is 0 Å². The van der Waals surface area contributed by atoms with E-state index in [0.717, 1.165) is 32.6 Å². The number of nitrogens with zero attached hydrogens (tertiary/aromatic N) is 3. The lowest BCUT2D eigenvalue weighted by Gasteiger charge is -2.32. The summed E-state index contributed by atoms with van der Waals surface area (Å²) >= 11 is 0. The molecule has 25 heavy (non-hydrogen) atoms. The third-order valence-corrected chi connectivity index (χ3v) is 5.69. The molecule has 1 aromatic heterocycles. The number of hydrogen-bond donors (Lipinski definition) is 1. The molecule has 0 aromatic carbocycles. The van der Waals surface area contributed by atoms with Crippen LogP contribution >= 0.6 is 12.4 Å². The minimum absolute atomic E-state index is 0. The zero-order chi connectivity index (χ0) is 16.9. The second kappa shape index (κ2) is 9.58. The Bertz CT molecular complexity index is 541. The van der Waals surface area contributed by atoms with E-state index in [2.05, 4.69) is 28.4 Å². The summed E-state index contributed by atoms with van der Waals surface area (Å²) in [7, 11) is 1.94. The van der Waals surface area contributed by atoms with E-state index in [0.29, 0.717) is 11.8 Å². The minimum Gasteiger partial charge on any atom is -0.342 e. The van der Waals surface area contributed by atoms with Gasteiger partial charge in [0.25, 0.3) is 0 Å². The van der Waals surface area contributed by atoms with E-state index in [1.807, 2.05) is 17.9 Å². The average molecular weight is 369 g/mol. The molecular weight excluding hydrogens is 336 g/mol. The van der Waals surface area contributed by atoms with Gasteiger partial charge in [-0.15, -0.1) is 12.4 Å². The number of aromatic nitrogens is 2. The van der Waals surface area contributed by atoms with Crippen LogP contribution < -0.4 is 5.32 Å². The molecule has 1 aliphatic heterocycles. The number of carbonyl (C=O) groups is 1. The molecule has 0 radical (unpaired) electrons. The second-order valence-electron chi connectivity index (χ2n) is 7.61. The van der Waals surface area contributed by atoms with E-state index in [1.165, 1.54) is 37.7 Å². The Hall–Kier alpha value is -1.07. The zero-order valence-electron chi connectivity index (χ0n) is 15.6. The van der Waals surface area contributed by atoms with Gasteiger partial charge in [0.05, 0.1) is 12.1 Å². The van der Waals surface area contributed by atoms with Crippen LogP contribution in [-0.2, 0) is 11.8 Å². The fourth-order valence-electron chi connectivity index (χ4n) is 4.40. The second-order valence-corrected chi connectivity index (χ2v) is 7.61. The molecule has 6 heteroatoms. The van der Waals surface area contributed by atoms with Gasteiger partial charge < -0.3 is 10.2 Å². The topological polar surface area (TPSA) is 50.2 Å². The molecule has 1 N–H and O–H groups in total. The van der Waals surface area contributed by atoms with Gasteiger partial charge in [-0.25, -0.2) is 0 Å². The van der Waals surface area contributed by atoms with Crippen molar-refractivity contribution in [2.75, 3.05) is 26.2 Å². The third kappa shape index (κ3) is 4.98. The van der Waals surface area contributed by atoms with E-state index in [9.17, 15) is 4.79 Å². The largest absolute Gasteiger partial charge is 0.342 e. The lowest BCUT2D eigenvalue weighted by molar-refractivity contribution is -0.136. The highest BCUT2D eigenvalue weighted by atomic mass is 35.5. The van der Waals surface area contributed by atoms with Crippen LogP contribution in [0.3, 0.4) is 0 Å². The predicted octanol–water partition coefficient (Wildman–Crippen LogP) is 2.96. The summed E-state index contributed by atoms with van der Waals surface area (Å²) in [5, 5.41) is 7.72. The highest BCUT2D eigenvalue weighted by molar-refractivity contribution is 5.85. The van der Waals surface area contributed by atoms with Gasteiger partial charge in [0.2, 0.25) is 5.91 Å². The van der Waals surface area contributed by atoms with Crippen LogP contribution in [0.25, 0.3) is 0 Å². The number of rotatable bonds is 6. The smallest absolute Gasteiger partial charge is 0.227 e. The van der Waals surface area contributed by atoms with E-state index in [4.69, 9.17) is 0 Å². The Morgan fingerprint density at radius 2 is 2.08 bits per heavy atom. The molecule has 5 nitrogen and oxygen atoms in total. The average Bonchev–Trinajstić information content (AvgIpc) is 3.23. The number of nitrogens with one attached hydrogen (secondary N) is 1. The number of hydrogen-bond acceptors (Lipinski definition) is 3. The molecule has 3 rings (SSSR count). The van der Waals surface area contributed by atoms with Gasteiger partial charge in [0.15, 0.2) is 0 Å². The summed E-state index contributed by atoms with van der Waals surface area (Å²) < 4.78 is 1.83. The Morgan fingerprint density at radius 3 is 2.72 bits per heavy atom. The Labute approximate surface area is 157 Å². The summed E-state index contributed by atoms with van der Waals surface area (Å²) in [4.78, 5) is 15.4. The molecule has 2 heterocycles. The first-order valence-electron chi connectivity index (χ1n) is 9.67. The molecule has 0 unspecified atom stereocenters. The summed E-state index contributed by atoms with van der Waals surface area (Å²) in [6, 6.07) is 0. The summed E-state index contributed by atoms with van der Waals surface area (Å²) in [5.74, 6) is 1.38. The van der Waals surface area contributed by atoms with Crippen LogP contribution in [0.15, 0.2) is 12.4 Å². The predicted molar refractivity (Wildman–Crippen MR) is 103 cm³/mol. The Balaban J connectivity index is 0.00000225. The highest BCUT2D eigenvalue weighted by Gasteiger charge is 2.37. The molecule has 0 spiro atoms. The lowest BCUT2D eigenvalue weighted by Crippen LogP contribution is -2.42. The zero-order valence-corrected chi connectivity index (χ0v) is 16.4. The van der Waals surface area contributed by atoms with Crippen LogP contribution in [0.2, 0.25) is 0 Å². The first-order chi connectivity index (χ1) is 11.7. The number of amides is 1. The SMILES string of the molecule is CCCN(CC1CCCCC1)C(=O)[C@H]1CNC[C@@H]1c1cnn(C)c1.Cl. The van der Waals surface area contributed by atoms with Crippen LogP contribution in [0.5, 0.6) is 0 Å². The Morgan fingerprint density at radius 1 is 1.32 bits per heavy atom. The van der Waals surface area contributed by atoms with Crippen molar-refractivity contribution in [3.63, 3.8) is 0 Å². The fourth-order valence-corrected chi connectivity index (χ4v) is 4.40. The highest BCUT2D eigenvalue weighted by Crippen LogP contribution is 2.31. The Kier molecular flexibility index (Phi) is 7.76. The van der Waals surface area contributed by atoms with E-state index in [1.54, 1.807) is 0 Å². The summed E-state index contributed by atoms with van der Waals surface area (Å²) in [6.07, 6.45) is 11.6. The molecule has 2 fully saturated rings. The van der Waals surface area contributed by atoms with E-state index < -0.39 is 0 Å². The number of carbonyl (C=O) groups excluding carboxylic acids is 1. The molecular formula is C19H33ClN4O. The number of halogens is 1. The monoisotopic (exact) mass is 368 g/mol. The third-order valence-electron chi connectivity index (χ3n) is 5.69. The van der Waals surface area contributed by atoms with Crippen molar-refractivity contribution >= 4 is 18.3 Å². The van der Waals surface area contributed by atoms with Crippen LogP contribution in [0.1, 0.15) is 56.9 Å². The van der Waals surface area contributed by atoms with Crippen molar-refractivity contribution in [2.24, 2.45) is 18.9 Å². The van der Waals surface area contributed by atoms with Crippen molar-refractivity contribution in [1.29, 1.82) is 0 Å². The van der Waals surface area contributed by atoms with Gasteiger partial charge in [-0.1, -0.05) is 26.2 Å². The minimum atomic E-state index is 0. The van der Waals surface area contributed by atoms with Crippen LogP contribution in [0.4, 0.5) is 0 Å². The molecule has 1 saturated heterocycles. The van der Waals surface area contributed by atoms with E-state index >= 15 is 0 Å². The normalized spacial score (nSPS) is 24.1. The fraction of sp³-hybridized carbons (Fsp3) is 0.789. The molecule has 1 aliphatic carbocycles. The maximum absolute atomic E-state index is 13.3. The van der Waals surface area contributed by atoms with Crippen molar-refractivity contribution in [3.05, 3.63) is 18.0 Å². The van der Waals surface area contributed by atoms with Gasteiger partial charge in [0, 0.05) is 45.3 Å². The lowest BCUT2D eigenvalue weighted by atomic mass is 9.87. The van der Waals surface area contributed by atoms with Crippen molar-refractivity contribution in [3.8, 4) is 0 Å². The standard InChI is InChI=1S/C19H32N4O.ClH/c1-3-9-23(13-15-7-5-4-6-8-15)19(24)18-12-20-11-17(18)16-10-21-22(2)14-16;/h10,14-15,17-18,20H,3-9,11-13H2,1-2H3;1H/t17-,18+;/m1./s1. The summed E-state index contributed by atoms with van der Waals surface area (Å²) in [6.45, 7) is 5.70. The molecule has 2 atom stereocenters. The maximum atomic E-state index is 13.3. The van der Waals surface area contributed by atoms with Crippen molar-refractivity contribution in [2.45, 2.75) is 51.4 Å².